The van der Waals surface area contributed by atoms with Crippen molar-refractivity contribution in [1.29, 1.82) is 0 Å². The van der Waals surface area contributed by atoms with Crippen LogP contribution in [-0.4, -0.2) is 11.1 Å². The van der Waals surface area contributed by atoms with Crippen molar-refractivity contribution in [1.82, 2.24) is 0 Å². The first-order chi connectivity index (χ1) is 8.56. The Morgan fingerprint density at radius 3 is 2.44 bits per heavy atom. The molecule has 0 fully saturated rings. The molecule has 4 heteroatoms. The maximum absolute atomic E-state index is 13.1. The molecule has 0 saturated carbocycles. The van der Waals surface area contributed by atoms with Crippen LogP contribution in [0.3, 0.4) is 0 Å². The number of aliphatic carboxylic acids is 1. The molecular weight excluding hydrogens is 238 g/mol. The second kappa shape index (κ2) is 4.96. The van der Waals surface area contributed by atoms with E-state index in [1.54, 1.807) is 6.07 Å². The predicted molar refractivity (Wildman–Crippen MR) is 63.1 cm³/mol. The van der Waals surface area contributed by atoms with Gasteiger partial charge in [-0.1, -0.05) is 18.2 Å². The van der Waals surface area contributed by atoms with Crippen LogP contribution in [0, 0.1) is 11.6 Å². The average molecular weight is 248 g/mol. The zero-order chi connectivity index (χ0) is 13.1. The van der Waals surface area contributed by atoms with Gasteiger partial charge < -0.3 is 5.11 Å². The summed E-state index contributed by atoms with van der Waals surface area (Å²) in [6.45, 7) is 0. The lowest BCUT2D eigenvalue weighted by Crippen LogP contribution is -2.02. The van der Waals surface area contributed by atoms with Crippen molar-refractivity contribution < 1.29 is 18.7 Å². The largest absolute Gasteiger partial charge is 0.481 e. The smallest absolute Gasteiger partial charge is 0.307 e. The van der Waals surface area contributed by atoms with Gasteiger partial charge in [0, 0.05) is 0 Å². The van der Waals surface area contributed by atoms with Crippen LogP contribution in [0.4, 0.5) is 8.78 Å². The van der Waals surface area contributed by atoms with E-state index >= 15 is 0 Å². The number of hydrogen-bond donors (Lipinski definition) is 1. The van der Waals surface area contributed by atoms with Crippen molar-refractivity contribution in [2.24, 2.45) is 0 Å². The molecule has 0 radical (unpaired) electrons. The molecule has 0 unspecified atom stereocenters. The molecule has 0 amide bonds. The summed E-state index contributed by atoms with van der Waals surface area (Å²) >= 11 is 0. The van der Waals surface area contributed by atoms with E-state index in [1.807, 2.05) is 0 Å². The first-order valence-corrected chi connectivity index (χ1v) is 5.32. The van der Waals surface area contributed by atoms with Gasteiger partial charge in [-0.3, -0.25) is 4.79 Å². The second-order valence-corrected chi connectivity index (χ2v) is 3.88. The van der Waals surface area contributed by atoms with Gasteiger partial charge in [0.1, 0.15) is 11.6 Å². The van der Waals surface area contributed by atoms with Crippen LogP contribution in [0.1, 0.15) is 5.56 Å². The molecule has 0 spiro atoms. The van der Waals surface area contributed by atoms with Gasteiger partial charge in [0.2, 0.25) is 0 Å². The number of carboxylic acids is 1. The zero-order valence-electron chi connectivity index (χ0n) is 9.36. The van der Waals surface area contributed by atoms with E-state index in [1.165, 1.54) is 30.3 Å². The predicted octanol–water partition coefficient (Wildman–Crippen LogP) is 3.26. The van der Waals surface area contributed by atoms with E-state index in [9.17, 15) is 13.6 Å². The molecule has 2 aromatic rings. The maximum atomic E-state index is 13.1. The highest BCUT2D eigenvalue weighted by atomic mass is 19.1. The van der Waals surface area contributed by atoms with Gasteiger partial charge in [0.05, 0.1) is 6.42 Å². The molecule has 0 aliphatic rings. The van der Waals surface area contributed by atoms with E-state index < -0.39 is 17.6 Å². The summed E-state index contributed by atoms with van der Waals surface area (Å²) < 4.78 is 26.3. The molecule has 0 saturated heterocycles. The number of hydrogen-bond acceptors (Lipinski definition) is 1. The Bertz CT molecular complexity index is 594. The Morgan fingerprint density at radius 1 is 1.06 bits per heavy atom. The number of benzene rings is 2. The lowest BCUT2D eigenvalue weighted by molar-refractivity contribution is -0.136. The fraction of sp³-hybridized carbons (Fsp3) is 0.0714. The van der Waals surface area contributed by atoms with Crippen molar-refractivity contribution in [2.75, 3.05) is 0 Å². The molecule has 0 aliphatic heterocycles. The van der Waals surface area contributed by atoms with Gasteiger partial charge in [-0.15, -0.1) is 0 Å². The van der Waals surface area contributed by atoms with Crippen LogP contribution < -0.4 is 0 Å². The number of halogens is 2. The number of carboxylic acid groups (broad SMARTS) is 1. The number of carbonyl (C=O) groups is 1. The normalized spacial score (nSPS) is 10.3. The summed E-state index contributed by atoms with van der Waals surface area (Å²) in [5.74, 6) is -1.98. The average Bonchev–Trinajstić information content (AvgIpc) is 2.28. The Kier molecular flexibility index (Phi) is 3.37. The fourth-order valence-corrected chi connectivity index (χ4v) is 1.81. The van der Waals surface area contributed by atoms with Crippen LogP contribution in [0.15, 0.2) is 42.5 Å². The summed E-state index contributed by atoms with van der Waals surface area (Å²) in [6.07, 6.45) is -0.302. The molecule has 92 valence electrons. The molecule has 0 aromatic heterocycles. The van der Waals surface area contributed by atoms with Gasteiger partial charge >= 0.3 is 5.97 Å². The van der Waals surface area contributed by atoms with Gasteiger partial charge in [-0.2, -0.15) is 0 Å². The van der Waals surface area contributed by atoms with Crippen LogP contribution in [0.25, 0.3) is 11.1 Å². The third kappa shape index (κ3) is 2.71. The summed E-state index contributed by atoms with van der Waals surface area (Å²) in [7, 11) is 0. The molecule has 2 aromatic carbocycles. The highest BCUT2D eigenvalue weighted by Crippen LogP contribution is 2.25. The van der Waals surface area contributed by atoms with Gasteiger partial charge in [-0.25, -0.2) is 8.78 Å². The van der Waals surface area contributed by atoms with Crippen LogP contribution in [0.5, 0.6) is 0 Å². The van der Waals surface area contributed by atoms with E-state index in [0.717, 1.165) is 6.07 Å². The van der Waals surface area contributed by atoms with Crippen LogP contribution >= 0.6 is 0 Å². The van der Waals surface area contributed by atoms with E-state index in [2.05, 4.69) is 0 Å². The van der Waals surface area contributed by atoms with Crippen LogP contribution in [-0.2, 0) is 11.2 Å². The first-order valence-electron chi connectivity index (χ1n) is 5.32. The molecule has 18 heavy (non-hydrogen) atoms. The molecule has 1 N–H and O–H groups in total. The second-order valence-electron chi connectivity index (χ2n) is 3.88. The molecule has 0 aliphatic carbocycles. The quantitative estimate of drug-likeness (QED) is 0.905. The Labute approximate surface area is 103 Å². The highest BCUT2D eigenvalue weighted by molar-refractivity contribution is 5.76. The SMILES string of the molecule is O=C(O)Cc1cc(F)ccc1-c1cccc(F)c1. The third-order valence-electron chi connectivity index (χ3n) is 2.54. The van der Waals surface area contributed by atoms with E-state index in [0.29, 0.717) is 16.7 Å². The standard InChI is InChI=1S/C14H10F2O2/c15-11-3-1-2-9(6-11)13-5-4-12(16)7-10(13)8-14(17)18/h1-7H,8H2,(H,17,18). The van der Waals surface area contributed by atoms with Gasteiger partial charge in [-0.05, 0) is 41.0 Å². The molecule has 0 heterocycles. The van der Waals surface area contributed by atoms with Crippen molar-refractivity contribution in [2.45, 2.75) is 6.42 Å². The number of rotatable bonds is 3. The molecule has 2 rings (SSSR count). The minimum Gasteiger partial charge on any atom is -0.481 e. The molecule has 0 atom stereocenters. The summed E-state index contributed by atoms with van der Waals surface area (Å²) in [6, 6.07) is 9.62. The topological polar surface area (TPSA) is 37.3 Å². The van der Waals surface area contributed by atoms with E-state index in [4.69, 9.17) is 5.11 Å². The van der Waals surface area contributed by atoms with Crippen molar-refractivity contribution >= 4 is 5.97 Å². The minimum absolute atomic E-state index is 0.302. The monoisotopic (exact) mass is 248 g/mol. The summed E-state index contributed by atoms with van der Waals surface area (Å²) in [4.78, 5) is 10.7. The Morgan fingerprint density at radius 2 is 1.78 bits per heavy atom. The van der Waals surface area contributed by atoms with Crippen molar-refractivity contribution in [3.8, 4) is 11.1 Å². The highest BCUT2D eigenvalue weighted by Gasteiger charge is 2.10. The van der Waals surface area contributed by atoms with Crippen LogP contribution in [0.2, 0.25) is 0 Å². The molecule has 2 nitrogen and oxygen atoms in total. The zero-order valence-corrected chi connectivity index (χ0v) is 9.36. The molecule has 0 bridgehead atoms. The maximum Gasteiger partial charge on any atom is 0.307 e. The van der Waals surface area contributed by atoms with E-state index in [-0.39, 0.29) is 6.42 Å². The Balaban J connectivity index is 2.52. The lowest BCUT2D eigenvalue weighted by Gasteiger charge is -2.08. The third-order valence-corrected chi connectivity index (χ3v) is 2.54. The first kappa shape index (κ1) is 12.2. The Hall–Kier alpha value is -2.23. The van der Waals surface area contributed by atoms with Crippen molar-refractivity contribution in [3.63, 3.8) is 0 Å². The van der Waals surface area contributed by atoms with Crippen molar-refractivity contribution in [3.05, 3.63) is 59.7 Å². The van der Waals surface area contributed by atoms with Gasteiger partial charge in [0.25, 0.3) is 0 Å². The lowest BCUT2D eigenvalue weighted by atomic mass is 9.97. The fourth-order valence-electron chi connectivity index (χ4n) is 1.81. The minimum atomic E-state index is -1.06. The summed E-state index contributed by atoms with van der Waals surface area (Å²) in [5, 5.41) is 8.79. The summed E-state index contributed by atoms with van der Waals surface area (Å²) in [5.41, 5.74) is 1.39. The van der Waals surface area contributed by atoms with Gasteiger partial charge in [0.15, 0.2) is 0 Å². The molecular formula is C14H10F2O2.